The number of allylic oxidation sites excluding steroid dienone is 1. The highest BCUT2D eigenvalue weighted by Gasteiger charge is 2.51. The van der Waals surface area contributed by atoms with Crippen molar-refractivity contribution in [3.63, 3.8) is 0 Å². The van der Waals surface area contributed by atoms with E-state index in [2.05, 4.69) is 0 Å². The number of nitrogens with zero attached hydrogens (tertiary/aromatic N) is 1. The fourth-order valence-corrected chi connectivity index (χ4v) is 4.67. The second-order valence-corrected chi connectivity index (χ2v) is 10.00. The van der Waals surface area contributed by atoms with Gasteiger partial charge in [0.05, 0.1) is 17.2 Å². The van der Waals surface area contributed by atoms with E-state index >= 15 is 0 Å². The van der Waals surface area contributed by atoms with Crippen LogP contribution in [0.25, 0.3) is 11.8 Å². The van der Waals surface area contributed by atoms with Gasteiger partial charge >= 0.3 is 12.3 Å². The molecule has 0 unspecified atom stereocenters. The van der Waals surface area contributed by atoms with E-state index in [9.17, 15) is 18.0 Å². The standard InChI is InChI=1S/C30H26F3NO3/c1-29(2,3)37-28(35)34-24-12-8-7-11-22(24)25-23(18-13-19-9-5-4-6-10-19)26(36-27(25)34)20-14-16-21(17-15-20)30(31,32)33/h4-18,25,27H,1-3H3/b18-13+/t25-,27+/m0/s1. The SMILES string of the molecule is CC(C)(C)OC(=O)N1c2ccccc2[C@H]2C(/C=C/c3ccccc3)=C(c3ccc(C(F)(F)F)cc3)O[C@H]21. The van der Waals surface area contributed by atoms with Crippen LogP contribution in [-0.2, 0) is 15.7 Å². The van der Waals surface area contributed by atoms with Crippen LogP contribution in [-0.4, -0.2) is 17.9 Å². The monoisotopic (exact) mass is 505 g/mol. The molecular formula is C30H26F3NO3. The van der Waals surface area contributed by atoms with Gasteiger partial charge in [0.25, 0.3) is 0 Å². The van der Waals surface area contributed by atoms with Crippen LogP contribution in [0.4, 0.5) is 23.7 Å². The highest BCUT2D eigenvalue weighted by atomic mass is 19.4. The Morgan fingerprint density at radius 2 is 1.54 bits per heavy atom. The Kier molecular flexibility index (Phi) is 6.10. The van der Waals surface area contributed by atoms with Gasteiger partial charge in [-0.05, 0) is 50.1 Å². The lowest BCUT2D eigenvalue weighted by molar-refractivity contribution is -0.137. The highest BCUT2D eigenvalue weighted by molar-refractivity contribution is 5.94. The average Bonchev–Trinajstić information content (AvgIpc) is 3.36. The normalized spacial score (nSPS) is 19.1. The number of ether oxygens (including phenoxy) is 2. The molecule has 0 fully saturated rings. The lowest BCUT2D eigenvalue weighted by Gasteiger charge is -2.28. The third-order valence-electron chi connectivity index (χ3n) is 6.23. The Balaban J connectivity index is 1.62. The molecule has 0 radical (unpaired) electrons. The van der Waals surface area contributed by atoms with Crippen molar-refractivity contribution in [1.82, 2.24) is 0 Å². The Hall–Kier alpha value is -4.00. The number of halogens is 3. The van der Waals surface area contributed by atoms with Gasteiger partial charge in [0.15, 0.2) is 6.23 Å². The van der Waals surface area contributed by atoms with Crippen LogP contribution in [0.3, 0.4) is 0 Å². The molecule has 3 aromatic carbocycles. The van der Waals surface area contributed by atoms with Gasteiger partial charge in [0.1, 0.15) is 11.4 Å². The minimum atomic E-state index is -4.44. The maximum absolute atomic E-state index is 13.3. The molecule has 2 aliphatic heterocycles. The maximum Gasteiger partial charge on any atom is 0.417 e. The second-order valence-electron chi connectivity index (χ2n) is 10.00. The van der Waals surface area contributed by atoms with Crippen molar-refractivity contribution >= 4 is 23.6 Å². The molecule has 2 atom stereocenters. The van der Waals surface area contributed by atoms with Gasteiger partial charge in [0, 0.05) is 11.1 Å². The van der Waals surface area contributed by atoms with Crippen LogP contribution < -0.4 is 4.90 Å². The van der Waals surface area contributed by atoms with Crippen LogP contribution in [0, 0.1) is 0 Å². The van der Waals surface area contributed by atoms with Crippen molar-refractivity contribution in [2.24, 2.45) is 0 Å². The van der Waals surface area contributed by atoms with Gasteiger partial charge < -0.3 is 9.47 Å². The molecule has 0 spiro atoms. The van der Waals surface area contributed by atoms with Crippen molar-refractivity contribution < 1.29 is 27.4 Å². The fourth-order valence-electron chi connectivity index (χ4n) is 4.67. The number of rotatable bonds is 3. The first-order valence-corrected chi connectivity index (χ1v) is 12.0. The molecule has 4 nitrogen and oxygen atoms in total. The summed E-state index contributed by atoms with van der Waals surface area (Å²) in [4.78, 5) is 14.8. The molecule has 7 heteroatoms. The topological polar surface area (TPSA) is 38.8 Å². The average molecular weight is 506 g/mol. The smallest absolute Gasteiger partial charge is 0.417 e. The van der Waals surface area contributed by atoms with E-state index in [4.69, 9.17) is 9.47 Å². The first kappa shape index (κ1) is 24.7. The summed E-state index contributed by atoms with van der Waals surface area (Å²) < 4.78 is 51.7. The molecule has 0 aliphatic carbocycles. The van der Waals surface area contributed by atoms with Crippen molar-refractivity contribution in [2.45, 2.75) is 44.7 Å². The maximum atomic E-state index is 13.3. The Morgan fingerprint density at radius 1 is 0.892 bits per heavy atom. The third kappa shape index (κ3) is 4.86. The first-order valence-electron chi connectivity index (χ1n) is 12.0. The lowest BCUT2D eigenvalue weighted by Crippen LogP contribution is -2.42. The number of amides is 1. The van der Waals surface area contributed by atoms with Crippen LogP contribution >= 0.6 is 0 Å². The second kappa shape index (κ2) is 9.14. The van der Waals surface area contributed by atoms with Crippen LogP contribution in [0.2, 0.25) is 0 Å². The van der Waals surface area contributed by atoms with Crippen molar-refractivity contribution in [1.29, 1.82) is 0 Å². The molecular weight excluding hydrogens is 479 g/mol. The molecule has 2 heterocycles. The molecule has 0 aromatic heterocycles. The molecule has 37 heavy (non-hydrogen) atoms. The minimum absolute atomic E-state index is 0.346. The van der Waals surface area contributed by atoms with E-state index in [0.29, 0.717) is 17.0 Å². The zero-order valence-corrected chi connectivity index (χ0v) is 20.6. The number of hydrogen-bond acceptors (Lipinski definition) is 3. The number of benzene rings is 3. The van der Waals surface area contributed by atoms with Crippen molar-refractivity contribution in [3.05, 3.63) is 113 Å². The van der Waals surface area contributed by atoms with E-state index in [0.717, 1.165) is 28.8 Å². The zero-order valence-electron chi connectivity index (χ0n) is 20.6. The number of fused-ring (bicyclic) bond motifs is 3. The lowest BCUT2D eigenvalue weighted by atomic mass is 9.90. The van der Waals surface area contributed by atoms with E-state index in [1.165, 1.54) is 17.0 Å². The van der Waals surface area contributed by atoms with Gasteiger partial charge in [-0.1, -0.05) is 72.8 Å². The molecule has 190 valence electrons. The molecule has 0 saturated carbocycles. The minimum Gasteiger partial charge on any atom is -0.468 e. The summed E-state index contributed by atoms with van der Waals surface area (Å²) in [6.07, 6.45) is -1.87. The molecule has 1 amide bonds. The molecule has 0 saturated heterocycles. The largest absolute Gasteiger partial charge is 0.468 e. The summed E-state index contributed by atoms with van der Waals surface area (Å²) in [6.45, 7) is 5.37. The number of alkyl halides is 3. The molecule has 5 rings (SSSR count). The van der Waals surface area contributed by atoms with Gasteiger partial charge in [-0.2, -0.15) is 13.2 Å². The van der Waals surface area contributed by atoms with E-state index in [1.54, 1.807) is 20.8 Å². The van der Waals surface area contributed by atoms with Crippen molar-refractivity contribution in [2.75, 3.05) is 4.90 Å². The summed E-state index contributed by atoms with van der Waals surface area (Å²) in [5, 5.41) is 0. The number of anilines is 1. The fraction of sp³-hybridized carbons (Fsp3) is 0.233. The number of para-hydroxylation sites is 1. The zero-order chi connectivity index (χ0) is 26.4. The van der Waals surface area contributed by atoms with Crippen LogP contribution in [0.5, 0.6) is 0 Å². The number of carbonyl (C=O) groups is 1. The first-order chi connectivity index (χ1) is 17.5. The van der Waals surface area contributed by atoms with Crippen LogP contribution in [0.1, 0.15) is 48.9 Å². The Labute approximate surface area is 213 Å². The third-order valence-corrected chi connectivity index (χ3v) is 6.23. The summed E-state index contributed by atoms with van der Waals surface area (Å²) >= 11 is 0. The Bertz CT molecular complexity index is 1370. The number of carbonyl (C=O) groups excluding carboxylic acids is 1. The van der Waals surface area contributed by atoms with Gasteiger partial charge in [0.2, 0.25) is 0 Å². The summed E-state index contributed by atoms with van der Waals surface area (Å²) in [5.74, 6) is 0.0833. The molecule has 3 aromatic rings. The highest BCUT2D eigenvalue weighted by Crippen LogP contribution is 2.53. The summed E-state index contributed by atoms with van der Waals surface area (Å²) in [7, 11) is 0. The van der Waals surface area contributed by atoms with Gasteiger partial charge in [-0.15, -0.1) is 0 Å². The van der Waals surface area contributed by atoms with E-state index < -0.39 is 29.7 Å². The molecule has 0 bridgehead atoms. The molecule has 0 N–H and O–H groups in total. The quantitative estimate of drug-likeness (QED) is 0.362. The van der Waals surface area contributed by atoms with Gasteiger partial charge in [-0.3, -0.25) is 0 Å². The predicted molar refractivity (Wildman–Crippen MR) is 137 cm³/mol. The van der Waals surface area contributed by atoms with Crippen LogP contribution in [0.15, 0.2) is 90.5 Å². The Morgan fingerprint density at radius 3 is 2.19 bits per heavy atom. The summed E-state index contributed by atoms with van der Waals surface area (Å²) in [6, 6.07) is 22.1. The molecule has 2 aliphatic rings. The number of hydrogen-bond donors (Lipinski definition) is 0. The summed E-state index contributed by atoms with van der Waals surface area (Å²) in [5.41, 5.74) is 2.33. The van der Waals surface area contributed by atoms with Crippen molar-refractivity contribution in [3.8, 4) is 0 Å². The van der Waals surface area contributed by atoms with Gasteiger partial charge in [-0.25, -0.2) is 9.69 Å². The predicted octanol–water partition coefficient (Wildman–Crippen LogP) is 8.03. The van der Waals surface area contributed by atoms with E-state index in [-0.39, 0.29) is 5.92 Å². The van der Waals surface area contributed by atoms with E-state index in [1.807, 2.05) is 66.7 Å².